The van der Waals surface area contributed by atoms with Gasteiger partial charge in [-0.25, -0.2) is 0 Å². The average molecular weight is 277 g/mol. The van der Waals surface area contributed by atoms with E-state index >= 15 is 0 Å². The van der Waals surface area contributed by atoms with Gasteiger partial charge in [0.25, 0.3) is 5.69 Å². The number of nitro benzene ring substituents is 1. The predicted molar refractivity (Wildman–Crippen MR) is 77.4 cm³/mol. The summed E-state index contributed by atoms with van der Waals surface area (Å²) < 4.78 is 5.29. The second-order valence-corrected chi connectivity index (χ2v) is 4.69. The van der Waals surface area contributed by atoms with Crippen LogP contribution < -0.4 is 0 Å². The molecule has 0 aliphatic carbocycles. The number of nitro groups is 1. The number of ether oxygens (including phenoxy) is 1. The summed E-state index contributed by atoms with van der Waals surface area (Å²) in [6.45, 7) is 5.48. The molecule has 108 valence electrons. The molecule has 0 unspecified atom stereocenters. The molecular weight excluding hydrogens is 258 g/mol. The van der Waals surface area contributed by atoms with Gasteiger partial charge in [0, 0.05) is 44.5 Å². The topological polar surface area (TPSA) is 68.0 Å². The zero-order valence-electron chi connectivity index (χ0n) is 11.4. The first-order valence-corrected chi connectivity index (χ1v) is 6.80. The van der Waals surface area contributed by atoms with E-state index < -0.39 is 4.92 Å². The Labute approximate surface area is 118 Å². The highest BCUT2D eigenvalue weighted by Gasteiger charge is 2.08. The summed E-state index contributed by atoms with van der Waals surface area (Å²) in [7, 11) is 0. The maximum Gasteiger partial charge on any atom is 0.269 e. The third-order valence-electron chi connectivity index (χ3n) is 3.21. The van der Waals surface area contributed by atoms with E-state index in [-0.39, 0.29) is 5.69 Å². The van der Waals surface area contributed by atoms with Crippen molar-refractivity contribution in [1.29, 1.82) is 0 Å². The van der Waals surface area contributed by atoms with Crippen LogP contribution in [-0.4, -0.2) is 55.4 Å². The smallest absolute Gasteiger partial charge is 0.269 e. The van der Waals surface area contributed by atoms with Crippen LogP contribution in [0.1, 0.15) is 12.0 Å². The van der Waals surface area contributed by atoms with Crippen molar-refractivity contribution >= 4 is 11.9 Å². The Morgan fingerprint density at radius 3 is 2.65 bits per heavy atom. The average Bonchev–Trinajstić information content (AvgIpc) is 2.48. The molecule has 0 saturated carbocycles. The van der Waals surface area contributed by atoms with E-state index in [0.29, 0.717) is 0 Å². The number of hydrogen-bond donors (Lipinski definition) is 0. The molecule has 6 nitrogen and oxygen atoms in total. The van der Waals surface area contributed by atoms with Crippen molar-refractivity contribution in [2.45, 2.75) is 6.42 Å². The first-order valence-electron chi connectivity index (χ1n) is 6.80. The Morgan fingerprint density at radius 2 is 2.00 bits per heavy atom. The zero-order valence-corrected chi connectivity index (χ0v) is 11.4. The molecule has 0 N–H and O–H groups in total. The van der Waals surface area contributed by atoms with Crippen LogP contribution in [0.4, 0.5) is 5.69 Å². The van der Waals surface area contributed by atoms with Crippen LogP contribution >= 0.6 is 0 Å². The van der Waals surface area contributed by atoms with E-state index in [2.05, 4.69) is 9.89 Å². The summed E-state index contributed by atoms with van der Waals surface area (Å²) in [4.78, 5) is 16.8. The molecule has 1 heterocycles. The van der Waals surface area contributed by atoms with E-state index in [0.717, 1.165) is 51.4 Å². The van der Waals surface area contributed by atoms with Crippen molar-refractivity contribution in [2.24, 2.45) is 4.99 Å². The van der Waals surface area contributed by atoms with E-state index in [1.807, 2.05) is 0 Å². The fraction of sp³-hybridized carbons (Fsp3) is 0.500. The van der Waals surface area contributed by atoms with Gasteiger partial charge in [-0.05, 0) is 24.1 Å². The molecule has 0 aromatic heterocycles. The number of morpholine rings is 1. The number of benzene rings is 1. The highest BCUT2D eigenvalue weighted by molar-refractivity contribution is 5.79. The highest BCUT2D eigenvalue weighted by Crippen LogP contribution is 2.10. The molecule has 1 aromatic rings. The number of rotatable bonds is 6. The molecule has 1 saturated heterocycles. The van der Waals surface area contributed by atoms with Gasteiger partial charge < -0.3 is 4.74 Å². The summed E-state index contributed by atoms with van der Waals surface area (Å²) in [5.41, 5.74) is 0.997. The lowest BCUT2D eigenvalue weighted by Crippen LogP contribution is -2.37. The quantitative estimate of drug-likeness (QED) is 0.344. The van der Waals surface area contributed by atoms with Crippen LogP contribution in [0.2, 0.25) is 0 Å². The fourth-order valence-electron chi connectivity index (χ4n) is 2.06. The number of hydrogen-bond acceptors (Lipinski definition) is 5. The summed E-state index contributed by atoms with van der Waals surface area (Å²) in [5.74, 6) is 0. The molecule has 1 aliphatic rings. The van der Waals surface area contributed by atoms with Crippen molar-refractivity contribution in [2.75, 3.05) is 39.4 Å². The standard InChI is InChI=1S/C14H19N3O3/c18-17(19)14-4-2-13(3-5-14)12-15-6-1-7-16-8-10-20-11-9-16/h2-5,12H,1,6-11H2. The Morgan fingerprint density at radius 1 is 1.30 bits per heavy atom. The Balaban J connectivity index is 1.68. The van der Waals surface area contributed by atoms with Crippen LogP contribution in [0.5, 0.6) is 0 Å². The SMILES string of the molecule is O=[N+]([O-])c1ccc(C=NCCCN2CCOCC2)cc1. The monoisotopic (exact) mass is 277 g/mol. The van der Waals surface area contributed by atoms with E-state index in [1.165, 1.54) is 12.1 Å². The van der Waals surface area contributed by atoms with Gasteiger partial charge in [-0.15, -0.1) is 0 Å². The van der Waals surface area contributed by atoms with Crippen LogP contribution in [0, 0.1) is 10.1 Å². The normalized spacial score (nSPS) is 16.6. The molecule has 0 radical (unpaired) electrons. The van der Waals surface area contributed by atoms with Crippen LogP contribution in [-0.2, 0) is 4.74 Å². The minimum Gasteiger partial charge on any atom is -0.379 e. The van der Waals surface area contributed by atoms with Gasteiger partial charge >= 0.3 is 0 Å². The summed E-state index contributed by atoms with van der Waals surface area (Å²) in [6, 6.07) is 6.41. The lowest BCUT2D eigenvalue weighted by molar-refractivity contribution is -0.384. The highest BCUT2D eigenvalue weighted by atomic mass is 16.6. The van der Waals surface area contributed by atoms with E-state index in [4.69, 9.17) is 4.74 Å². The van der Waals surface area contributed by atoms with Crippen molar-refractivity contribution in [3.05, 3.63) is 39.9 Å². The molecule has 1 aromatic carbocycles. The zero-order chi connectivity index (χ0) is 14.2. The summed E-state index contributed by atoms with van der Waals surface area (Å²) in [5, 5.41) is 10.5. The van der Waals surface area contributed by atoms with Crippen molar-refractivity contribution in [3.8, 4) is 0 Å². The van der Waals surface area contributed by atoms with Crippen LogP contribution in [0.25, 0.3) is 0 Å². The van der Waals surface area contributed by atoms with Crippen molar-refractivity contribution in [3.63, 3.8) is 0 Å². The number of nitrogens with zero attached hydrogens (tertiary/aromatic N) is 3. The molecule has 1 fully saturated rings. The molecule has 0 atom stereocenters. The lowest BCUT2D eigenvalue weighted by atomic mass is 10.2. The molecule has 6 heteroatoms. The van der Waals surface area contributed by atoms with Gasteiger partial charge in [0.2, 0.25) is 0 Å². The molecule has 0 bridgehead atoms. The Bertz CT molecular complexity index is 453. The first-order chi connectivity index (χ1) is 9.75. The molecule has 1 aliphatic heterocycles. The molecule has 0 spiro atoms. The second kappa shape index (κ2) is 7.72. The van der Waals surface area contributed by atoms with Gasteiger partial charge in [-0.1, -0.05) is 0 Å². The maximum absolute atomic E-state index is 10.5. The summed E-state index contributed by atoms with van der Waals surface area (Å²) >= 11 is 0. The predicted octanol–water partition coefficient (Wildman–Crippen LogP) is 1.74. The molecular formula is C14H19N3O3. The van der Waals surface area contributed by atoms with Crippen LogP contribution in [0.3, 0.4) is 0 Å². The first kappa shape index (κ1) is 14.6. The minimum absolute atomic E-state index is 0.106. The summed E-state index contributed by atoms with van der Waals surface area (Å²) in [6.07, 6.45) is 2.78. The fourth-order valence-corrected chi connectivity index (χ4v) is 2.06. The van der Waals surface area contributed by atoms with Gasteiger partial charge in [-0.2, -0.15) is 0 Å². The van der Waals surface area contributed by atoms with Gasteiger partial charge in [0.1, 0.15) is 0 Å². The van der Waals surface area contributed by atoms with Crippen molar-refractivity contribution < 1.29 is 9.66 Å². The van der Waals surface area contributed by atoms with Crippen molar-refractivity contribution in [1.82, 2.24) is 4.90 Å². The maximum atomic E-state index is 10.5. The number of aliphatic imine (C=N–C) groups is 1. The van der Waals surface area contributed by atoms with Gasteiger partial charge in [0.05, 0.1) is 18.1 Å². The molecule has 0 amide bonds. The third kappa shape index (κ3) is 4.71. The second-order valence-electron chi connectivity index (χ2n) is 4.69. The lowest BCUT2D eigenvalue weighted by Gasteiger charge is -2.26. The Hall–Kier alpha value is -1.79. The largest absolute Gasteiger partial charge is 0.379 e. The van der Waals surface area contributed by atoms with E-state index in [9.17, 15) is 10.1 Å². The molecule has 20 heavy (non-hydrogen) atoms. The minimum atomic E-state index is -0.400. The van der Waals surface area contributed by atoms with Gasteiger partial charge in [-0.3, -0.25) is 20.0 Å². The number of non-ortho nitro benzene ring substituents is 1. The Kier molecular flexibility index (Phi) is 5.64. The van der Waals surface area contributed by atoms with Gasteiger partial charge in [0.15, 0.2) is 0 Å². The third-order valence-corrected chi connectivity index (χ3v) is 3.21. The molecule has 2 rings (SSSR count). The van der Waals surface area contributed by atoms with E-state index in [1.54, 1.807) is 18.3 Å². The van der Waals surface area contributed by atoms with Crippen LogP contribution in [0.15, 0.2) is 29.3 Å².